The number of nitrogens with one attached hydrogen (secondary N) is 2. The molecule has 1 aromatic carbocycles. The van der Waals surface area contributed by atoms with Gasteiger partial charge in [-0.25, -0.2) is 22.3 Å². The van der Waals surface area contributed by atoms with Gasteiger partial charge >= 0.3 is 6.03 Å². The fourth-order valence-electron chi connectivity index (χ4n) is 3.39. The molecule has 2 saturated heterocycles. The molecule has 0 unspecified atom stereocenters. The first-order valence-corrected chi connectivity index (χ1v) is 9.76. The van der Waals surface area contributed by atoms with Gasteiger partial charge in [-0.2, -0.15) is 0 Å². The van der Waals surface area contributed by atoms with Crippen molar-refractivity contribution in [2.24, 2.45) is 5.92 Å². The SMILES string of the molecule is O=C(NCCc1ccc(F)cc1)N1CC[C@@H]2CNS(=O)(=O)[C@@H]2CC1. The molecule has 1 aromatic rings. The van der Waals surface area contributed by atoms with E-state index in [0.717, 1.165) is 5.56 Å². The summed E-state index contributed by atoms with van der Waals surface area (Å²) >= 11 is 0. The lowest BCUT2D eigenvalue weighted by Crippen LogP contribution is -2.41. The van der Waals surface area contributed by atoms with Gasteiger partial charge in [0.05, 0.1) is 5.25 Å². The smallest absolute Gasteiger partial charge is 0.317 e. The molecule has 3 rings (SSSR count). The summed E-state index contributed by atoms with van der Waals surface area (Å²) in [5.74, 6) is -0.186. The van der Waals surface area contributed by atoms with Crippen molar-refractivity contribution in [1.82, 2.24) is 14.9 Å². The molecule has 0 saturated carbocycles. The second kappa shape index (κ2) is 7.06. The van der Waals surface area contributed by atoms with Crippen LogP contribution in [0.25, 0.3) is 0 Å². The van der Waals surface area contributed by atoms with Crippen molar-refractivity contribution in [2.45, 2.75) is 24.5 Å². The minimum absolute atomic E-state index is 0.0898. The Morgan fingerprint density at radius 2 is 1.96 bits per heavy atom. The van der Waals surface area contributed by atoms with Crippen LogP contribution >= 0.6 is 0 Å². The van der Waals surface area contributed by atoms with Crippen LogP contribution in [0.1, 0.15) is 18.4 Å². The molecule has 2 N–H and O–H groups in total. The van der Waals surface area contributed by atoms with E-state index in [1.807, 2.05) is 0 Å². The van der Waals surface area contributed by atoms with E-state index in [4.69, 9.17) is 0 Å². The van der Waals surface area contributed by atoms with Gasteiger partial charge in [0.15, 0.2) is 0 Å². The number of hydrogen-bond acceptors (Lipinski definition) is 3. The minimum atomic E-state index is -3.22. The van der Waals surface area contributed by atoms with E-state index in [0.29, 0.717) is 45.4 Å². The molecule has 8 heteroatoms. The van der Waals surface area contributed by atoms with E-state index in [9.17, 15) is 17.6 Å². The van der Waals surface area contributed by atoms with Gasteiger partial charge in [-0.1, -0.05) is 12.1 Å². The second-order valence-corrected chi connectivity index (χ2v) is 8.35. The Bertz CT molecular complexity index is 693. The number of benzene rings is 1. The number of amides is 2. The third-order valence-electron chi connectivity index (χ3n) is 4.81. The molecule has 2 atom stereocenters. The van der Waals surface area contributed by atoms with Crippen LogP contribution in [0.3, 0.4) is 0 Å². The Kier molecular flexibility index (Phi) is 5.05. The lowest BCUT2D eigenvalue weighted by Gasteiger charge is -2.21. The van der Waals surface area contributed by atoms with Crippen LogP contribution in [0, 0.1) is 11.7 Å². The van der Waals surface area contributed by atoms with Gasteiger partial charge in [0.1, 0.15) is 5.82 Å². The maximum absolute atomic E-state index is 12.8. The monoisotopic (exact) mass is 355 g/mol. The highest BCUT2D eigenvalue weighted by Gasteiger charge is 2.41. The van der Waals surface area contributed by atoms with Crippen LogP contribution in [-0.2, 0) is 16.4 Å². The zero-order chi connectivity index (χ0) is 17.2. The topological polar surface area (TPSA) is 78.5 Å². The summed E-state index contributed by atoms with van der Waals surface area (Å²) in [6, 6.07) is 6.04. The summed E-state index contributed by atoms with van der Waals surface area (Å²) in [6.07, 6.45) is 1.80. The molecule has 2 amide bonds. The van der Waals surface area contributed by atoms with Crippen LogP contribution in [0.15, 0.2) is 24.3 Å². The number of halogens is 1. The molecule has 24 heavy (non-hydrogen) atoms. The zero-order valence-corrected chi connectivity index (χ0v) is 14.2. The third kappa shape index (κ3) is 3.87. The summed E-state index contributed by atoms with van der Waals surface area (Å²) < 4.78 is 39.3. The third-order valence-corrected chi connectivity index (χ3v) is 6.80. The highest BCUT2D eigenvalue weighted by atomic mass is 32.2. The summed E-state index contributed by atoms with van der Waals surface area (Å²) in [5, 5.41) is 2.48. The molecule has 2 fully saturated rings. The van der Waals surface area contributed by atoms with E-state index in [1.54, 1.807) is 17.0 Å². The van der Waals surface area contributed by atoms with Crippen LogP contribution in [0.4, 0.5) is 9.18 Å². The standard InChI is InChI=1S/C16H22FN3O3S/c17-14-3-1-12(2-4-14)5-8-18-16(21)20-9-6-13-11-19-24(22,23)15(13)7-10-20/h1-4,13,15,19H,5-11H2,(H,18,21)/t13-,15-/m1/s1. The first kappa shape index (κ1) is 17.2. The van der Waals surface area contributed by atoms with Crippen molar-refractivity contribution in [3.8, 4) is 0 Å². The Labute approximate surface area is 141 Å². The van der Waals surface area contributed by atoms with Crippen molar-refractivity contribution in [1.29, 1.82) is 0 Å². The molecule has 0 aliphatic carbocycles. The predicted octanol–water partition coefficient (Wildman–Crippen LogP) is 1.09. The molecule has 2 aliphatic rings. The number of carbonyl (C=O) groups excluding carboxylic acids is 1. The average Bonchev–Trinajstić information content (AvgIpc) is 2.73. The fraction of sp³-hybridized carbons (Fsp3) is 0.562. The Hall–Kier alpha value is -1.67. The number of rotatable bonds is 3. The number of sulfonamides is 1. The van der Waals surface area contributed by atoms with Crippen molar-refractivity contribution in [2.75, 3.05) is 26.2 Å². The first-order chi connectivity index (χ1) is 11.5. The molecular weight excluding hydrogens is 333 g/mol. The summed E-state index contributed by atoms with van der Waals surface area (Å²) in [6.45, 7) is 1.96. The van der Waals surface area contributed by atoms with Crippen LogP contribution in [-0.4, -0.2) is 50.8 Å². The molecule has 2 heterocycles. The molecule has 0 aromatic heterocycles. The van der Waals surface area contributed by atoms with E-state index < -0.39 is 10.0 Å². The van der Waals surface area contributed by atoms with Crippen molar-refractivity contribution >= 4 is 16.1 Å². The minimum Gasteiger partial charge on any atom is -0.338 e. The quantitative estimate of drug-likeness (QED) is 0.852. The molecule has 6 nitrogen and oxygen atoms in total. The molecule has 0 spiro atoms. The largest absolute Gasteiger partial charge is 0.338 e. The molecule has 132 valence electrons. The van der Waals surface area contributed by atoms with E-state index >= 15 is 0 Å². The van der Waals surface area contributed by atoms with Gasteiger partial charge in [-0.05, 0) is 42.9 Å². The zero-order valence-electron chi connectivity index (χ0n) is 13.4. The predicted molar refractivity (Wildman–Crippen MR) is 88.5 cm³/mol. The number of carbonyl (C=O) groups is 1. The molecule has 0 radical (unpaired) electrons. The second-order valence-electron chi connectivity index (χ2n) is 6.36. The lowest BCUT2D eigenvalue weighted by molar-refractivity contribution is 0.199. The van der Waals surface area contributed by atoms with E-state index in [-0.39, 0.29) is 23.0 Å². The maximum Gasteiger partial charge on any atom is 0.317 e. The van der Waals surface area contributed by atoms with E-state index in [1.165, 1.54) is 12.1 Å². The maximum atomic E-state index is 12.8. The molecular formula is C16H22FN3O3S. The van der Waals surface area contributed by atoms with Crippen LogP contribution < -0.4 is 10.0 Å². The van der Waals surface area contributed by atoms with Crippen LogP contribution in [0.5, 0.6) is 0 Å². The van der Waals surface area contributed by atoms with Crippen molar-refractivity contribution in [3.05, 3.63) is 35.6 Å². The normalized spacial score (nSPS) is 25.8. The summed E-state index contributed by atoms with van der Waals surface area (Å²) in [7, 11) is -3.22. The highest BCUT2D eigenvalue weighted by Crippen LogP contribution is 2.28. The Balaban J connectivity index is 1.48. The number of urea groups is 1. The average molecular weight is 355 g/mol. The lowest BCUT2D eigenvalue weighted by atomic mass is 10.0. The number of hydrogen-bond donors (Lipinski definition) is 2. The Morgan fingerprint density at radius 1 is 1.25 bits per heavy atom. The van der Waals surface area contributed by atoms with Gasteiger partial charge in [0, 0.05) is 26.2 Å². The van der Waals surface area contributed by atoms with Gasteiger partial charge in [0.25, 0.3) is 0 Å². The highest BCUT2D eigenvalue weighted by molar-refractivity contribution is 7.90. The number of fused-ring (bicyclic) bond motifs is 1. The van der Waals surface area contributed by atoms with Gasteiger partial charge in [-0.15, -0.1) is 0 Å². The first-order valence-electron chi connectivity index (χ1n) is 8.21. The molecule has 2 aliphatic heterocycles. The van der Waals surface area contributed by atoms with Crippen molar-refractivity contribution in [3.63, 3.8) is 0 Å². The molecule has 0 bridgehead atoms. The summed E-state index contributed by atoms with van der Waals surface area (Å²) in [5.41, 5.74) is 0.958. The van der Waals surface area contributed by atoms with Gasteiger partial charge in [-0.3, -0.25) is 0 Å². The van der Waals surface area contributed by atoms with Crippen LogP contribution in [0.2, 0.25) is 0 Å². The van der Waals surface area contributed by atoms with E-state index in [2.05, 4.69) is 10.0 Å². The van der Waals surface area contributed by atoms with Crippen molar-refractivity contribution < 1.29 is 17.6 Å². The van der Waals surface area contributed by atoms with Gasteiger partial charge in [0.2, 0.25) is 10.0 Å². The Morgan fingerprint density at radius 3 is 2.71 bits per heavy atom. The number of likely N-dealkylation sites (tertiary alicyclic amines) is 1. The number of nitrogens with zero attached hydrogens (tertiary/aromatic N) is 1. The van der Waals surface area contributed by atoms with Gasteiger partial charge < -0.3 is 10.2 Å². The summed E-state index contributed by atoms with van der Waals surface area (Å²) in [4.78, 5) is 14.0. The fourth-order valence-corrected chi connectivity index (χ4v) is 5.21.